The minimum absolute atomic E-state index is 0.237. The van der Waals surface area contributed by atoms with E-state index in [1.54, 1.807) is 0 Å². The fourth-order valence-corrected chi connectivity index (χ4v) is 1.06. The molecule has 1 aliphatic carbocycles. The molecule has 1 fully saturated rings. The molecular weight excluding hydrogens is 160 g/mol. The van der Waals surface area contributed by atoms with Gasteiger partial charge in [0.25, 0.3) is 0 Å². The molecule has 0 radical (unpaired) electrons. The average molecular weight is 174 g/mol. The van der Waals surface area contributed by atoms with Crippen LogP contribution in [0.25, 0.3) is 0 Å². The molecule has 0 spiro atoms. The van der Waals surface area contributed by atoms with E-state index in [1.165, 1.54) is 12.8 Å². The van der Waals surface area contributed by atoms with Crippen LogP contribution in [-0.4, -0.2) is 17.3 Å². The molecule has 3 nitrogen and oxygen atoms in total. The maximum atomic E-state index is 4.96. The molecule has 0 bridgehead atoms. The first-order valence-corrected chi connectivity index (χ1v) is 4.27. The Morgan fingerprint density at radius 3 is 2.73 bits per heavy atom. The highest BCUT2D eigenvalue weighted by molar-refractivity contribution is 7.80. The van der Waals surface area contributed by atoms with Crippen LogP contribution in [0.3, 0.4) is 0 Å². The zero-order valence-corrected chi connectivity index (χ0v) is 7.75. The van der Waals surface area contributed by atoms with Crippen LogP contribution in [0.2, 0.25) is 0 Å². The predicted molar refractivity (Wildman–Crippen MR) is 48.1 cm³/mol. The van der Waals surface area contributed by atoms with Crippen molar-refractivity contribution in [1.29, 1.82) is 0 Å². The molecule has 0 unspecified atom stereocenters. The van der Waals surface area contributed by atoms with Crippen LogP contribution in [0.4, 0.5) is 0 Å². The standard InChI is InChI=1S/C7H14N2OS/c1-3-10-9-6(11)8-7(2)4-5-7/h3-5H2,1-2H3,(H2,8,9,11). The van der Waals surface area contributed by atoms with Gasteiger partial charge in [0.15, 0.2) is 5.11 Å². The van der Waals surface area contributed by atoms with Crippen molar-refractivity contribution in [3.8, 4) is 0 Å². The van der Waals surface area contributed by atoms with E-state index in [0.717, 1.165) is 0 Å². The summed E-state index contributed by atoms with van der Waals surface area (Å²) in [5, 5.41) is 3.75. The first-order valence-electron chi connectivity index (χ1n) is 3.86. The largest absolute Gasteiger partial charge is 0.356 e. The lowest BCUT2D eigenvalue weighted by molar-refractivity contribution is 0.0955. The van der Waals surface area contributed by atoms with Gasteiger partial charge in [-0.25, -0.2) is 5.48 Å². The fourth-order valence-electron chi connectivity index (χ4n) is 0.750. The minimum atomic E-state index is 0.237. The van der Waals surface area contributed by atoms with Crippen molar-refractivity contribution >= 4 is 17.3 Å². The van der Waals surface area contributed by atoms with Gasteiger partial charge in [0.2, 0.25) is 0 Å². The van der Waals surface area contributed by atoms with Crippen LogP contribution in [-0.2, 0) is 4.84 Å². The van der Waals surface area contributed by atoms with Crippen molar-refractivity contribution in [1.82, 2.24) is 10.8 Å². The van der Waals surface area contributed by atoms with Crippen LogP contribution >= 0.6 is 12.2 Å². The smallest absolute Gasteiger partial charge is 0.190 e. The molecule has 64 valence electrons. The third-order valence-electron chi connectivity index (χ3n) is 1.72. The van der Waals surface area contributed by atoms with Crippen LogP contribution in [0.5, 0.6) is 0 Å². The van der Waals surface area contributed by atoms with Gasteiger partial charge in [0.05, 0.1) is 6.61 Å². The Labute approximate surface area is 72.4 Å². The van der Waals surface area contributed by atoms with E-state index in [2.05, 4.69) is 17.7 Å². The van der Waals surface area contributed by atoms with Crippen LogP contribution in [0, 0.1) is 0 Å². The van der Waals surface area contributed by atoms with Crippen LogP contribution < -0.4 is 10.8 Å². The summed E-state index contributed by atoms with van der Waals surface area (Å²) in [6.45, 7) is 4.68. The molecule has 2 N–H and O–H groups in total. The number of hydrogen-bond acceptors (Lipinski definition) is 2. The Balaban J connectivity index is 2.11. The summed E-state index contributed by atoms with van der Waals surface area (Å²) in [6, 6.07) is 0. The van der Waals surface area contributed by atoms with Gasteiger partial charge in [-0.3, -0.25) is 4.84 Å². The number of thiocarbonyl (C=S) groups is 1. The number of rotatable bonds is 3. The summed E-state index contributed by atoms with van der Waals surface area (Å²) in [7, 11) is 0. The summed E-state index contributed by atoms with van der Waals surface area (Å²) < 4.78 is 0. The van der Waals surface area contributed by atoms with Crippen molar-refractivity contribution in [3.63, 3.8) is 0 Å². The molecule has 0 aromatic heterocycles. The summed E-state index contributed by atoms with van der Waals surface area (Å²) in [4.78, 5) is 4.92. The lowest BCUT2D eigenvalue weighted by Crippen LogP contribution is -2.41. The topological polar surface area (TPSA) is 33.3 Å². The molecule has 0 aliphatic heterocycles. The molecule has 11 heavy (non-hydrogen) atoms. The Morgan fingerprint density at radius 1 is 1.64 bits per heavy atom. The van der Waals surface area contributed by atoms with Gasteiger partial charge in [-0.15, -0.1) is 0 Å². The Bertz CT molecular complexity index is 157. The van der Waals surface area contributed by atoms with Crippen molar-refractivity contribution in [2.45, 2.75) is 32.2 Å². The van der Waals surface area contributed by atoms with Gasteiger partial charge < -0.3 is 5.32 Å². The molecule has 1 rings (SSSR count). The molecule has 0 saturated heterocycles. The highest BCUT2D eigenvalue weighted by Gasteiger charge is 2.37. The predicted octanol–water partition coefficient (Wildman–Crippen LogP) is 0.955. The van der Waals surface area contributed by atoms with Gasteiger partial charge in [0, 0.05) is 5.54 Å². The van der Waals surface area contributed by atoms with E-state index in [4.69, 9.17) is 17.1 Å². The van der Waals surface area contributed by atoms with Gasteiger partial charge in [0.1, 0.15) is 0 Å². The second-order valence-corrected chi connectivity index (χ2v) is 3.46. The summed E-state index contributed by atoms with van der Waals surface area (Å²) in [5.74, 6) is 0. The highest BCUT2D eigenvalue weighted by atomic mass is 32.1. The van der Waals surface area contributed by atoms with Gasteiger partial charge in [-0.1, -0.05) is 0 Å². The Kier molecular flexibility index (Phi) is 2.67. The maximum Gasteiger partial charge on any atom is 0.190 e. The molecule has 0 amide bonds. The minimum Gasteiger partial charge on any atom is -0.356 e. The van der Waals surface area contributed by atoms with Gasteiger partial charge >= 0.3 is 0 Å². The molecule has 0 aromatic rings. The van der Waals surface area contributed by atoms with E-state index in [9.17, 15) is 0 Å². The van der Waals surface area contributed by atoms with E-state index < -0.39 is 0 Å². The second-order valence-electron chi connectivity index (χ2n) is 3.05. The fraction of sp³-hybridized carbons (Fsp3) is 0.857. The van der Waals surface area contributed by atoms with Crippen LogP contribution in [0.15, 0.2) is 0 Å². The van der Waals surface area contributed by atoms with Crippen molar-refractivity contribution < 1.29 is 4.84 Å². The van der Waals surface area contributed by atoms with Crippen LogP contribution in [0.1, 0.15) is 26.7 Å². The Hall–Kier alpha value is -0.350. The van der Waals surface area contributed by atoms with Crippen molar-refractivity contribution in [2.24, 2.45) is 0 Å². The normalized spacial score (nSPS) is 19.1. The molecule has 0 heterocycles. The summed E-state index contributed by atoms with van der Waals surface area (Å²) in [6.07, 6.45) is 2.39. The van der Waals surface area contributed by atoms with E-state index >= 15 is 0 Å². The zero-order valence-electron chi connectivity index (χ0n) is 6.94. The molecule has 1 aliphatic rings. The summed E-state index contributed by atoms with van der Waals surface area (Å²) in [5.41, 5.74) is 2.89. The summed E-state index contributed by atoms with van der Waals surface area (Å²) >= 11 is 4.96. The lowest BCUT2D eigenvalue weighted by Gasteiger charge is -2.14. The highest BCUT2D eigenvalue weighted by Crippen LogP contribution is 2.33. The number of hydrogen-bond donors (Lipinski definition) is 2. The second kappa shape index (κ2) is 3.36. The third kappa shape index (κ3) is 3.03. The SMILES string of the molecule is CCONC(=S)NC1(C)CC1. The molecule has 0 atom stereocenters. The first kappa shape index (κ1) is 8.74. The monoisotopic (exact) mass is 174 g/mol. The molecular formula is C7H14N2OS. The van der Waals surface area contributed by atoms with E-state index in [-0.39, 0.29) is 5.54 Å². The zero-order chi connectivity index (χ0) is 8.32. The number of nitrogens with one attached hydrogen (secondary N) is 2. The quantitative estimate of drug-likeness (QED) is 0.493. The van der Waals surface area contributed by atoms with Crippen molar-refractivity contribution in [3.05, 3.63) is 0 Å². The third-order valence-corrected chi connectivity index (χ3v) is 1.91. The van der Waals surface area contributed by atoms with Gasteiger partial charge in [-0.2, -0.15) is 0 Å². The van der Waals surface area contributed by atoms with E-state index in [1.807, 2.05) is 6.92 Å². The molecule has 4 heteroatoms. The van der Waals surface area contributed by atoms with Gasteiger partial charge in [-0.05, 0) is 38.9 Å². The Morgan fingerprint density at radius 2 is 2.27 bits per heavy atom. The number of hydroxylamine groups is 1. The molecule has 0 aromatic carbocycles. The maximum absolute atomic E-state index is 4.96. The average Bonchev–Trinajstić information content (AvgIpc) is 2.63. The first-order chi connectivity index (χ1) is 5.16. The van der Waals surface area contributed by atoms with Crippen molar-refractivity contribution in [2.75, 3.05) is 6.61 Å². The molecule has 1 saturated carbocycles. The van der Waals surface area contributed by atoms with E-state index in [0.29, 0.717) is 11.7 Å². The lowest BCUT2D eigenvalue weighted by atomic mass is 10.3.